The van der Waals surface area contributed by atoms with E-state index in [2.05, 4.69) is 66.6 Å². The number of hydrogen-bond acceptors (Lipinski definition) is 5. The molecule has 0 atom stereocenters. The number of hydrogen-bond donors (Lipinski definition) is 1. The van der Waals surface area contributed by atoms with Gasteiger partial charge in [0, 0.05) is 22.0 Å². The van der Waals surface area contributed by atoms with Crippen molar-refractivity contribution in [3.05, 3.63) is 35.7 Å². The molecule has 2 rings (SSSR count). The fraction of sp³-hybridized carbons (Fsp3) is 0.429. The predicted octanol–water partition coefficient (Wildman–Crippen LogP) is 4.35. The van der Waals surface area contributed by atoms with Crippen LogP contribution >= 0.6 is 23.3 Å². The molecule has 102 valence electrons. The molecular weight excluding hydrogens is 274 g/mol. The van der Waals surface area contributed by atoms with Gasteiger partial charge >= 0.3 is 0 Å². The number of nitrogens with one attached hydrogen (secondary N) is 1. The maximum absolute atomic E-state index is 4.51. The van der Waals surface area contributed by atoms with Crippen LogP contribution in [0.4, 0.5) is 5.13 Å². The molecule has 0 fully saturated rings. The molecular formula is C14H19N3S2. The summed E-state index contributed by atoms with van der Waals surface area (Å²) in [5.74, 6) is 1.70. The van der Waals surface area contributed by atoms with Gasteiger partial charge in [-0.1, -0.05) is 17.7 Å². The van der Waals surface area contributed by atoms with E-state index in [1.54, 1.807) is 11.8 Å². The van der Waals surface area contributed by atoms with Gasteiger partial charge in [0.05, 0.1) is 5.75 Å². The molecule has 0 saturated heterocycles. The summed E-state index contributed by atoms with van der Waals surface area (Å²) >= 11 is 3.20. The summed E-state index contributed by atoms with van der Waals surface area (Å²) in [4.78, 5) is 5.77. The fourth-order valence-corrected chi connectivity index (χ4v) is 3.28. The van der Waals surface area contributed by atoms with Crippen LogP contribution in [0, 0.1) is 6.92 Å². The third-order valence-electron chi connectivity index (χ3n) is 2.31. The zero-order valence-electron chi connectivity index (χ0n) is 11.7. The van der Waals surface area contributed by atoms with Crippen molar-refractivity contribution in [1.29, 1.82) is 0 Å². The molecule has 19 heavy (non-hydrogen) atoms. The van der Waals surface area contributed by atoms with E-state index in [1.165, 1.54) is 22.0 Å². The Morgan fingerprint density at radius 3 is 2.79 bits per heavy atom. The quantitative estimate of drug-likeness (QED) is 0.851. The molecule has 0 spiro atoms. The second kappa shape index (κ2) is 5.92. The Labute approximate surface area is 123 Å². The van der Waals surface area contributed by atoms with Crippen LogP contribution in [0.3, 0.4) is 0 Å². The molecule has 1 aromatic carbocycles. The number of anilines is 1. The van der Waals surface area contributed by atoms with Crippen LogP contribution in [0.2, 0.25) is 0 Å². The van der Waals surface area contributed by atoms with Gasteiger partial charge in [-0.15, -0.1) is 11.8 Å². The molecule has 0 radical (unpaired) electrons. The minimum absolute atomic E-state index is 0.0283. The van der Waals surface area contributed by atoms with Crippen molar-refractivity contribution in [3.8, 4) is 0 Å². The highest BCUT2D eigenvalue weighted by Crippen LogP contribution is 2.24. The molecule has 0 amide bonds. The molecule has 0 aliphatic heterocycles. The fourth-order valence-electron chi connectivity index (χ4n) is 1.54. The predicted molar refractivity (Wildman–Crippen MR) is 84.0 cm³/mol. The van der Waals surface area contributed by atoms with Crippen LogP contribution in [0.15, 0.2) is 29.2 Å². The zero-order chi connectivity index (χ0) is 13.9. The van der Waals surface area contributed by atoms with E-state index in [0.29, 0.717) is 0 Å². The first-order valence-electron chi connectivity index (χ1n) is 6.23. The maximum atomic E-state index is 4.51. The van der Waals surface area contributed by atoms with Gasteiger partial charge in [-0.2, -0.15) is 4.37 Å². The minimum atomic E-state index is 0.0283. The molecule has 1 heterocycles. The van der Waals surface area contributed by atoms with E-state index >= 15 is 0 Å². The van der Waals surface area contributed by atoms with Crippen LogP contribution in [-0.2, 0) is 5.75 Å². The van der Waals surface area contributed by atoms with E-state index in [0.717, 1.165) is 16.7 Å². The van der Waals surface area contributed by atoms with Crippen LogP contribution in [-0.4, -0.2) is 14.9 Å². The number of nitrogens with zero attached hydrogens (tertiary/aromatic N) is 2. The Hall–Kier alpha value is -1.07. The summed E-state index contributed by atoms with van der Waals surface area (Å²) in [6.07, 6.45) is 0. The minimum Gasteiger partial charge on any atom is -0.356 e. The highest BCUT2D eigenvalue weighted by Gasteiger charge is 2.12. The van der Waals surface area contributed by atoms with Crippen LogP contribution in [0.5, 0.6) is 0 Å². The van der Waals surface area contributed by atoms with E-state index in [-0.39, 0.29) is 5.54 Å². The van der Waals surface area contributed by atoms with Crippen LogP contribution in [0.25, 0.3) is 0 Å². The standard InChI is InChI=1S/C14H19N3S2/c1-10-6-5-7-11(8-10)18-9-12-15-13(19-17-12)16-14(2,3)4/h5-8H,9H2,1-4H3,(H,15,16,17). The number of rotatable bonds is 4. The van der Waals surface area contributed by atoms with Gasteiger partial charge in [-0.3, -0.25) is 0 Å². The highest BCUT2D eigenvalue weighted by atomic mass is 32.2. The van der Waals surface area contributed by atoms with Gasteiger partial charge in [0.25, 0.3) is 0 Å². The smallest absolute Gasteiger partial charge is 0.203 e. The Kier molecular flexibility index (Phi) is 4.47. The van der Waals surface area contributed by atoms with E-state index in [4.69, 9.17) is 0 Å². The summed E-state index contributed by atoms with van der Waals surface area (Å²) in [6.45, 7) is 8.47. The van der Waals surface area contributed by atoms with Gasteiger partial charge in [0.1, 0.15) is 0 Å². The first-order chi connectivity index (χ1) is 8.92. The number of benzene rings is 1. The van der Waals surface area contributed by atoms with Crippen molar-refractivity contribution < 1.29 is 0 Å². The van der Waals surface area contributed by atoms with Crippen molar-refractivity contribution in [1.82, 2.24) is 9.36 Å². The first-order valence-corrected chi connectivity index (χ1v) is 7.98. The Morgan fingerprint density at radius 1 is 1.32 bits per heavy atom. The van der Waals surface area contributed by atoms with Crippen molar-refractivity contribution in [2.75, 3.05) is 5.32 Å². The van der Waals surface area contributed by atoms with Crippen LogP contribution in [0.1, 0.15) is 32.2 Å². The largest absolute Gasteiger partial charge is 0.356 e. The lowest BCUT2D eigenvalue weighted by Gasteiger charge is -2.18. The lowest BCUT2D eigenvalue weighted by atomic mass is 10.1. The molecule has 2 aromatic rings. The number of thioether (sulfide) groups is 1. The second-order valence-electron chi connectivity index (χ2n) is 5.50. The maximum Gasteiger partial charge on any atom is 0.203 e. The lowest BCUT2D eigenvalue weighted by molar-refractivity contribution is 0.633. The number of aromatic nitrogens is 2. The first kappa shape index (κ1) is 14.3. The van der Waals surface area contributed by atoms with E-state index in [1.807, 2.05) is 0 Å². The zero-order valence-corrected chi connectivity index (χ0v) is 13.4. The van der Waals surface area contributed by atoms with Gasteiger partial charge in [-0.05, 0) is 39.8 Å². The normalized spacial score (nSPS) is 11.6. The average molecular weight is 293 g/mol. The lowest BCUT2D eigenvalue weighted by Crippen LogP contribution is -2.25. The Balaban J connectivity index is 1.93. The van der Waals surface area contributed by atoms with Crippen molar-refractivity contribution in [2.45, 2.75) is 43.9 Å². The summed E-state index contributed by atoms with van der Waals surface area (Å²) in [5.41, 5.74) is 1.31. The monoisotopic (exact) mass is 293 g/mol. The van der Waals surface area contributed by atoms with Crippen molar-refractivity contribution >= 4 is 28.4 Å². The molecule has 0 unspecified atom stereocenters. The third-order valence-corrected chi connectivity index (χ3v) is 3.97. The molecule has 5 heteroatoms. The Morgan fingerprint density at radius 2 is 2.11 bits per heavy atom. The summed E-state index contributed by atoms with van der Waals surface area (Å²) < 4.78 is 4.39. The van der Waals surface area contributed by atoms with Crippen LogP contribution < -0.4 is 5.32 Å². The van der Waals surface area contributed by atoms with Crippen molar-refractivity contribution in [3.63, 3.8) is 0 Å². The molecule has 0 aliphatic carbocycles. The third kappa shape index (κ3) is 4.84. The topological polar surface area (TPSA) is 37.8 Å². The summed E-state index contributed by atoms with van der Waals surface area (Å²) in [7, 11) is 0. The van der Waals surface area contributed by atoms with Gasteiger partial charge in [0.2, 0.25) is 5.13 Å². The SMILES string of the molecule is Cc1cccc(SCc2nsc(NC(C)(C)C)n2)c1. The Bertz CT molecular complexity index is 544. The van der Waals surface area contributed by atoms with E-state index < -0.39 is 0 Å². The molecule has 0 saturated carbocycles. The molecule has 0 aliphatic rings. The van der Waals surface area contributed by atoms with Gasteiger partial charge in [-0.25, -0.2) is 4.98 Å². The molecule has 3 nitrogen and oxygen atoms in total. The van der Waals surface area contributed by atoms with Gasteiger partial charge in [0.15, 0.2) is 5.82 Å². The van der Waals surface area contributed by atoms with Crippen molar-refractivity contribution in [2.24, 2.45) is 0 Å². The summed E-state index contributed by atoms with van der Waals surface area (Å²) in [5, 5.41) is 4.24. The van der Waals surface area contributed by atoms with E-state index in [9.17, 15) is 0 Å². The summed E-state index contributed by atoms with van der Waals surface area (Å²) in [6, 6.07) is 8.50. The molecule has 1 aromatic heterocycles. The molecule has 0 bridgehead atoms. The second-order valence-corrected chi connectivity index (χ2v) is 7.30. The highest BCUT2D eigenvalue weighted by molar-refractivity contribution is 7.98. The number of aryl methyl sites for hydroxylation is 1. The average Bonchev–Trinajstić information content (AvgIpc) is 2.72. The van der Waals surface area contributed by atoms with Gasteiger partial charge < -0.3 is 5.32 Å². The molecule has 1 N–H and O–H groups in total.